The third-order valence-electron chi connectivity index (χ3n) is 3.05. The van der Waals surface area contributed by atoms with Crippen LogP contribution in [0.4, 0.5) is 8.78 Å². The summed E-state index contributed by atoms with van der Waals surface area (Å²) in [4.78, 5) is 0. The van der Waals surface area contributed by atoms with Gasteiger partial charge in [0.05, 0.1) is 0 Å². The highest BCUT2D eigenvalue weighted by Crippen LogP contribution is 2.24. The Labute approximate surface area is 102 Å². The van der Waals surface area contributed by atoms with E-state index in [1.807, 2.05) is 7.05 Å². The molecule has 0 spiro atoms. The average Bonchev–Trinajstić information content (AvgIpc) is 2.21. The molecule has 3 heteroatoms. The van der Waals surface area contributed by atoms with Gasteiger partial charge in [0.25, 0.3) is 0 Å². The van der Waals surface area contributed by atoms with Gasteiger partial charge in [-0.05, 0) is 49.9 Å². The van der Waals surface area contributed by atoms with Gasteiger partial charge >= 0.3 is 0 Å². The number of hydrogen-bond acceptors (Lipinski definition) is 1. The first-order valence-corrected chi connectivity index (χ1v) is 5.95. The highest BCUT2D eigenvalue weighted by atomic mass is 19.1. The lowest BCUT2D eigenvalue weighted by Crippen LogP contribution is -2.27. The van der Waals surface area contributed by atoms with E-state index in [-0.39, 0.29) is 5.41 Å². The van der Waals surface area contributed by atoms with Crippen molar-refractivity contribution in [3.8, 4) is 0 Å². The second-order valence-corrected chi connectivity index (χ2v) is 5.39. The standard InChI is InChI=1S/C14H21F2N/c1-10-7-11(13(16)8-12(10)15)5-6-14(2,3)9-17-4/h7-8,17H,5-6,9H2,1-4H3. The molecular weight excluding hydrogens is 220 g/mol. The Bertz CT molecular complexity index is 386. The van der Waals surface area contributed by atoms with Crippen molar-refractivity contribution < 1.29 is 8.78 Å². The molecule has 0 aromatic heterocycles. The summed E-state index contributed by atoms with van der Waals surface area (Å²) in [5.74, 6) is -0.908. The maximum absolute atomic E-state index is 13.5. The van der Waals surface area contributed by atoms with Crippen LogP contribution in [0.25, 0.3) is 0 Å². The number of aryl methyl sites for hydroxylation is 2. The van der Waals surface area contributed by atoms with Crippen molar-refractivity contribution in [3.63, 3.8) is 0 Å². The lowest BCUT2D eigenvalue weighted by Gasteiger charge is -2.24. The van der Waals surface area contributed by atoms with Crippen LogP contribution in [0.1, 0.15) is 31.4 Å². The fraction of sp³-hybridized carbons (Fsp3) is 0.571. The largest absolute Gasteiger partial charge is 0.319 e. The van der Waals surface area contributed by atoms with Crippen LogP contribution >= 0.6 is 0 Å². The topological polar surface area (TPSA) is 12.0 Å². The van der Waals surface area contributed by atoms with Gasteiger partial charge < -0.3 is 5.32 Å². The first-order valence-electron chi connectivity index (χ1n) is 5.95. The molecule has 1 aromatic carbocycles. The van der Waals surface area contributed by atoms with Crippen molar-refractivity contribution in [2.75, 3.05) is 13.6 Å². The van der Waals surface area contributed by atoms with Crippen molar-refractivity contribution >= 4 is 0 Å². The van der Waals surface area contributed by atoms with E-state index in [1.54, 1.807) is 13.0 Å². The normalized spacial score (nSPS) is 11.9. The number of nitrogens with one attached hydrogen (secondary N) is 1. The smallest absolute Gasteiger partial charge is 0.129 e. The van der Waals surface area contributed by atoms with E-state index in [1.165, 1.54) is 0 Å². The fourth-order valence-electron chi connectivity index (χ4n) is 1.95. The fourth-order valence-corrected chi connectivity index (χ4v) is 1.95. The van der Waals surface area contributed by atoms with E-state index >= 15 is 0 Å². The van der Waals surface area contributed by atoms with Crippen LogP contribution in [-0.2, 0) is 6.42 Å². The summed E-state index contributed by atoms with van der Waals surface area (Å²) in [5, 5.41) is 3.13. The molecule has 0 fully saturated rings. The van der Waals surface area contributed by atoms with E-state index in [2.05, 4.69) is 19.2 Å². The molecule has 0 bridgehead atoms. The van der Waals surface area contributed by atoms with Crippen LogP contribution in [0, 0.1) is 24.0 Å². The molecule has 1 nitrogen and oxygen atoms in total. The molecule has 17 heavy (non-hydrogen) atoms. The van der Waals surface area contributed by atoms with Gasteiger partial charge in [-0.15, -0.1) is 0 Å². The Kier molecular flexibility index (Phi) is 4.63. The Morgan fingerprint density at radius 1 is 1.18 bits per heavy atom. The molecule has 0 heterocycles. The number of rotatable bonds is 5. The zero-order valence-corrected chi connectivity index (χ0v) is 11.0. The maximum Gasteiger partial charge on any atom is 0.129 e. The minimum atomic E-state index is -0.472. The zero-order valence-electron chi connectivity index (χ0n) is 11.0. The minimum absolute atomic E-state index is 0.115. The van der Waals surface area contributed by atoms with Gasteiger partial charge in [0, 0.05) is 6.07 Å². The summed E-state index contributed by atoms with van der Waals surface area (Å²) in [5.41, 5.74) is 1.23. The summed E-state index contributed by atoms with van der Waals surface area (Å²) >= 11 is 0. The van der Waals surface area contributed by atoms with Gasteiger partial charge in [-0.2, -0.15) is 0 Å². The second kappa shape index (κ2) is 5.58. The van der Waals surface area contributed by atoms with Crippen molar-refractivity contribution in [1.29, 1.82) is 0 Å². The molecule has 1 rings (SSSR count). The van der Waals surface area contributed by atoms with Crippen LogP contribution in [0.5, 0.6) is 0 Å². The van der Waals surface area contributed by atoms with E-state index in [0.29, 0.717) is 17.5 Å². The molecule has 0 aliphatic heterocycles. The molecule has 0 atom stereocenters. The highest BCUT2D eigenvalue weighted by Gasteiger charge is 2.18. The van der Waals surface area contributed by atoms with E-state index in [9.17, 15) is 8.78 Å². The Morgan fingerprint density at radius 2 is 1.82 bits per heavy atom. The highest BCUT2D eigenvalue weighted by molar-refractivity contribution is 5.25. The van der Waals surface area contributed by atoms with Crippen molar-refractivity contribution in [2.24, 2.45) is 5.41 Å². The monoisotopic (exact) mass is 241 g/mol. The summed E-state index contributed by atoms with van der Waals surface area (Å²) in [6, 6.07) is 2.59. The number of halogens is 2. The Hall–Kier alpha value is -0.960. The Balaban J connectivity index is 2.73. The number of benzene rings is 1. The van der Waals surface area contributed by atoms with Crippen LogP contribution in [-0.4, -0.2) is 13.6 Å². The van der Waals surface area contributed by atoms with E-state index in [0.717, 1.165) is 19.0 Å². The zero-order chi connectivity index (χ0) is 13.1. The molecule has 0 radical (unpaired) electrons. The van der Waals surface area contributed by atoms with Gasteiger partial charge in [-0.1, -0.05) is 19.9 Å². The molecule has 0 amide bonds. The molecule has 0 saturated heterocycles. The van der Waals surface area contributed by atoms with Crippen molar-refractivity contribution in [3.05, 3.63) is 34.9 Å². The summed E-state index contributed by atoms with van der Waals surface area (Å²) in [6.45, 7) is 6.82. The summed E-state index contributed by atoms with van der Waals surface area (Å²) in [6.07, 6.45) is 1.51. The predicted molar refractivity (Wildman–Crippen MR) is 67.1 cm³/mol. The van der Waals surface area contributed by atoms with Crippen LogP contribution < -0.4 is 5.32 Å². The molecule has 1 N–H and O–H groups in total. The molecule has 0 aliphatic carbocycles. The quantitative estimate of drug-likeness (QED) is 0.832. The first kappa shape index (κ1) is 14.1. The maximum atomic E-state index is 13.5. The molecule has 96 valence electrons. The predicted octanol–water partition coefficient (Wildman–Crippen LogP) is 3.45. The summed E-state index contributed by atoms with van der Waals surface area (Å²) in [7, 11) is 1.91. The third-order valence-corrected chi connectivity index (χ3v) is 3.05. The van der Waals surface area contributed by atoms with E-state index < -0.39 is 11.6 Å². The van der Waals surface area contributed by atoms with Gasteiger partial charge in [0.15, 0.2) is 0 Å². The first-order chi connectivity index (χ1) is 7.85. The van der Waals surface area contributed by atoms with Gasteiger partial charge in [-0.25, -0.2) is 8.78 Å². The van der Waals surface area contributed by atoms with Crippen LogP contribution in [0.3, 0.4) is 0 Å². The van der Waals surface area contributed by atoms with E-state index in [4.69, 9.17) is 0 Å². The number of hydrogen-bond donors (Lipinski definition) is 1. The SMILES string of the molecule is CNCC(C)(C)CCc1cc(C)c(F)cc1F. The van der Waals surface area contributed by atoms with Crippen molar-refractivity contribution in [1.82, 2.24) is 5.32 Å². The average molecular weight is 241 g/mol. The third kappa shape index (κ3) is 4.08. The van der Waals surface area contributed by atoms with Gasteiger partial charge in [-0.3, -0.25) is 0 Å². The second-order valence-electron chi connectivity index (χ2n) is 5.39. The Morgan fingerprint density at radius 3 is 2.41 bits per heavy atom. The molecule has 0 saturated carbocycles. The summed E-state index contributed by atoms with van der Waals surface area (Å²) < 4.78 is 26.6. The minimum Gasteiger partial charge on any atom is -0.319 e. The lowest BCUT2D eigenvalue weighted by molar-refractivity contribution is 0.322. The molecule has 0 aliphatic rings. The van der Waals surface area contributed by atoms with Gasteiger partial charge in [0.2, 0.25) is 0 Å². The molecular formula is C14H21F2N. The van der Waals surface area contributed by atoms with Gasteiger partial charge in [0.1, 0.15) is 11.6 Å². The molecule has 0 unspecified atom stereocenters. The van der Waals surface area contributed by atoms with Crippen LogP contribution in [0.2, 0.25) is 0 Å². The lowest BCUT2D eigenvalue weighted by atomic mass is 9.86. The molecule has 1 aromatic rings. The van der Waals surface area contributed by atoms with Crippen LogP contribution in [0.15, 0.2) is 12.1 Å². The van der Waals surface area contributed by atoms with Crippen molar-refractivity contribution in [2.45, 2.75) is 33.6 Å².